The van der Waals surface area contributed by atoms with Gasteiger partial charge in [0.25, 0.3) is 0 Å². The number of hydrogen-bond donors (Lipinski definition) is 0. The topological polar surface area (TPSA) is 27.1 Å². The minimum Gasteiger partial charge on any atom is -0.489 e. The van der Waals surface area contributed by atoms with Crippen LogP contribution in [0.1, 0.15) is 11.3 Å². The van der Waals surface area contributed by atoms with Crippen molar-refractivity contribution in [1.29, 1.82) is 0 Å². The maximum atomic E-state index is 5.79. The quantitative estimate of drug-likeness (QED) is 0.722. The second kappa shape index (κ2) is 5.83. The monoisotopic (exact) mass is 278 g/mol. The average molecular weight is 278 g/mol. The van der Waals surface area contributed by atoms with E-state index in [9.17, 15) is 0 Å². The largest absolute Gasteiger partial charge is 0.489 e. The van der Waals surface area contributed by atoms with E-state index in [4.69, 9.17) is 4.74 Å². The molecule has 3 aromatic rings. The molecule has 3 rings (SSSR count). The van der Waals surface area contributed by atoms with Crippen LogP contribution in [-0.4, -0.2) is 9.55 Å². The Morgan fingerprint density at radius 2 is 1.71 bits per heavy atom. The van der Waals surface area contributed by atoms with Gasteiger partial charge in [-0.15, -0.1) is 0 Å². The summed E-state index contributed by atoms with van der Waals surface area (Å²) in [7, 11) is 2.01. The van der Waals surface area contributed by atoms with Gasteiger partial charge in [0.2, 0.25) is 0 Å². The SMILES string of the molecule is Cc1cn(C)c(-c2ccc(OCc3ccccc3)cc2)n1. The molecule has 3 nitrogen and oxygen atoms in total. The number of rotatable bonds is 4. The number of ether oxygens (including phenoxy) is 1. The Morgan fingerprint density at radius 1 is 1.00 bits per heavy atom. The van der Waals surface area contributed by atoms with Gasteiger partial charge in [0, 0.05) is 18.8 Å². The second-order valence-electron chi connectivity index (χ2n) is 5.12. The molecule has 0 N–H and O–H groups in total. The van der Waals surface area contributed by atoms with E-state index >= 15 is 0 Å². The highest BCUT2D eigenvalue weighted by Gasteiger charge is 2.05. The molecule has 106 valence electrons. The third-order valence-corrected chi connectivity index (χ3v) is 3.36. The lowest BCUT2D eigenvalue weighted by atomic mass is 10.2. The number of nitrogens with zero attached hydrogens (tertiary/aromatic N) is 2. The Hall–Kier alpha value is -2.55. The van der Waals surface area contributed by atoms with E-state index in [1.165, 1.54) is 5.56 Å². The lowest BCUT2D eigenvalue weighted by Gasteiger charge is -2.07. The zero-order valence-corrected chi connectivity index (χ0v) is 12.3. The lowest BCUT2D eigenvalue weighted by Crippen LogP contribution is -1.95. The van der Waals surface area contributed by atoms with E-state index in [0.717, 1.165) is 22.8 Å². The van der Waals surface area contributed by atoms with Crippen molar-refractivity contribution in [2.24, 2.45) is 7.05 Å². The van der Waals surface area contributed by atoms with Gasteiger partial charge in [0.15, 0.2) is 0 Å². The minimum absolute atomic E-state index is 0.585. The highest BCUT2D eigenvalue weighted by Crippen LogP contribution is 2.22. The summed E-state index contributed by atoms with van der Waals surface area (Å²) in [6.07, 6.45) is 2.02. The molecule has 0 aliphatic heterocycles. The van der Waals surface area contributed by atoms with Gasteiger partial charge in [-0.3, -0.25) is 0 Å². The van der Waals surface area contributed by atoms with Crippen LogP contribution < -0.4 is 4.74 Å². The van der Waals surface area contributed by atoms with Crippen LogP contribution >= 0.6 is 0 Å². The van der Waals surface area contributed by atoms with Crippen LogP contribution in [0, 0.1) is 6.92 Å². The van der Waals surface area contributed by atoms with Crippen molar-refractivity contribution < 1.29 is 4.74 Å². The zero-order valence-electron chi connectivity index (χ0n) is 12.3. The molecule has 1 heterocycles. The van der Waals surface area contributed by atoms with Crippen molar-refractivity contribution in [3.8, 4) is 17.1 Å². The first-order valence-corrected chi connectivity index (χ1v) is 6.99. The number of hydrogen-bond acceptors (Lipinski definition) is 2. The van der Waals surface area contributed by atoms with E-state index < -0.39 is 0 Å². The van der Waals surface area contributed by atoms with Crippen LogP contribution in [0.3, 0.4) is 0 Å². The summed E-state index contributed by atoms with van der Waals surface area (Å²) in [5.41, 5.74) is 3.29. The predicted molar refractivity (Wildman–Crippen MR) is 84.2 cm³/mol. The van der Waals surface area contributed by atoms with Crippen LogP contribution in [0.2, 0.25) is 0 Å². The van der Waals surface area contributed by atoms with Gasteiger partial charge in [-0.1, -0.05) is 30.3 Å². The Balaban J connectivity index is 1.71. The third-order valence-electron chi connectivity index (χ3n) is 3.36. The summed E-state index contributed by atoms with van der Waals surface area (Å²) in [6, 6.07) is 18.2. The lowest BCUT2D eigenvalue weighted by molar-refractivity contribution is 0.306. The first kappa shape index (κ1) is 13.4. The van der Waals surface area contributed by atoms with Crippen LogP contribution in [0.15, 0.2) is 60.8 Å². The summed E-state index contributed by atoms with van der Waals surface area (Å²) in [4.78, 5) is 4.53. The fraction of sp³-hybridized carbons (Fsp3) is 0.167. The molecule has 0 aliphatic carbocycles. The Labute approximate surface area is 124 Å². The van der Waals surface area contributed by atoms with Crippen LogP contribution in [-0.2, 0) is 13.7 Å². The van der Waals surface area contributed by atoms with Crippen molar-refractivity contribution in [3.63, 3.8) is 0 Å². The summed E-state index contributed by atoms with van der Waals surface area (Å²) >= 11 is 0. The molecular weight excluding hydrogens is 260 g/mol. The van der Waals surface area contributed by atoms with Gasteiger partial charge in [0.05, 0.1) is 5.69 Å². The third kappa shape index (κ3) is 3.14. The van der Waals surface area contributed by atoms with Crippen LogP contribution in [0.25, 0.3) is 11.4 Å². The predicted octanol–water partition coefficient (Wildman–Crippen LogP) is 3.97. The number of aryl methyl sites for hydroxylation is 2. The maximum Gasteiger partial charge on any atom is 0.139 e. The molecule has 0 atom stereocenters. The molecule has 0 unspecified atom stereocenters. The van der Waals surface area contributed by atoms with Gasteiger partial charge in [-0.2, -0.15) is 0 Å². The molecule has 2 aromatic carbocycles. The van der Waals surface area contributed by atoms with Crippen LogP contribution in [0.5, 0.6) is 5.75 Å². The Bertz CT molecular complexity index is 715. The molecule has 0 amide bonds. The normalized spacial score (nSPS) is 10.6. The maximum absolute atomic E-state index is 5.79. The van der Waals surface area contributed by atoms with E-state index in [1.807, 2.05) is 67.2 Å². The van der Waals surface area contributed by atoms with Crippen molar-refractivity contribution in [2.45, 2.75) is 13.5 Å². The number of benzene rings is 2. The Morgan fingerprint density at radius 3 is 2.33 bits per heavy atom. The second-order valence-corrected chi connectivity index (χ2v) is 5.12. The van der Waals surface area contributed by atoms with Crippen molar-refractivity contribution in [1.82, 2.24) is 9.55 Å². The van der Waals surface area contributed by atoms with E-state index in [0.29, 0.717) is 6.61 Å². The molecule has 3 heteroatoms. The van der Waals surface area contributed by atoms with Crippen LogP contribution in [0.4, 0.5) is 0 Å². The molecule has 1 aromatic heterocycles. The first-order chi connectivity index (χ1) is 10.2. The van der Waals surface area contributed by atoms with Gasteiger partial charge >= 0.3 is 0 Å². The summed E-state index contributed by atoms with van der Waals surface area (Å²) < 4.78 is 7.83. The van der Waals surface area contributed by atoms with Crippen molar-refractivity contribution in [3.05, 3.63) is 72.1 Å². The molecule has 0 fully saturated rings. The molecule has 0 aliphatic rings. The molecule has 0 saturated heterocycles. The fourth-order valence-corrected chi connectivity index (χ4v) is 2.33. The van der Waals surface area contributed by atoms with E-state index in [2.05, 4.69) is 17.1 Å². The molecule has 0 spiro atoms. The van der Waals surface area contributed by atoms with E-state index in [-0.39, 0.29) is 0 Å². The molecule has 0 radical (unpaired) electrons. The highest BCUT2D eigenvalue weighted by atomic mass is 16.5. The minimum atomic E-state index is 0.585. The van der Waals surface area contributed by atoms with Crippen molar-refractivity contribution in [2.75, 3.05) is 0 Å². The molecular formula is C18H18N2O. The highest BCUT2D eigenvalue weighted by molar-refractivity contribution is 5.57. The summed E-state index contributed by atoms with van der Waals surface area (Å²) in [5, 5.41) is 0. The smallest absolute Gasteiger partial charge is 0.139 e. The molecule has 0 saturated carbocycles. The van der Waals surface area contributed by atoms with Crippen molar-refractivity contribution >= 4 is 0 Å². The summed E-state index contributed by atoms with van der Waals surface area (Å²) in [5.74, 6) is 1.84. The van der Waals surface area contributed by atoms with Gasteiger partial charge in [0.1, 0.15) is 18.2 Å². The standard InChI is InChI=1S/C18H18N2O/c1-14-12-20(2)18(19-14)16-8-10-17(11-9-16)21-13-15-6-4-3-5-7-15/h3-12H,13H2,1-2H3. The Kier molecular flexibility index (Phi) is 3.73. The molecule has 21 heavy (non-hydrogen) atoms. The molecule has 0 bridgehead atoms. The summed E-state index contributed by atoms with van der Waals surface area (Å²) in [6.45, 7) is 2.59. The average Bonchev–Trinajstić information content (AvgIpc) is 2.85. The number of imidazole rings is 1. The van der Waals surface area contributed by atoms with Gasteiger partial charge in [-0.05, 0) is 36.8 Å². The van der Waals surface area contributed by atoms with Gasteiger partial charge in [-0.25, -0.2) is 4.98 Å². The van der Waals surface area contributed by atoms with E-state index in [1.54, 1.807) is 0 Å². The zero-order chi connectivity index (χ0) is 14.7. The number of aromatic nitrogens is 2. The van der Waals surface area contributed by atoms with Gasteiger partial charge < -0.3 is 9.30 Å². The first-order valence-electron chi connectivity index (χ1n) is 6.99. The fourth-order valence-electron chi connectivity index (χ4n) is 2.33.